The first-order valence-corrected chi connectivity index (χ1v) is 8.61. The fourth-order valence-electron chi connectivity index (χ4n) is 2.54. The van der Waals surface area contributed by atoms with Gasteiger partial charge in [-0.15, -0.1) is 5.10 Å². The van der Waals surface area contributed by atoms with E-state index in [2.05, 4.69) is 36.4 Å². The Labute approximate surface area is 151 Å². The standard InChI is InChI=1S/C15H18BrN7O2/c1-9(2)22-13(20-23-12(16)7-18-14(23)15(22)25)11-6-19-21(8-11)5-4-17-10(3)24/h6-9H,4-5H2,1-3H3,(H,17,24). The molecule has 0 radical (unpaired) electrons. The largest absolute Gasteiger partial charge is 0.354 e. The molecule has 0 spiro atoms. The van der Waals surface area contributed by atoms with E-state index in [4.69, 9.17) is 0 Å². The van der Waals surface area contributed by atoms with Gasteiger partial charge in [0.05, 0.1) is 24.5 Å². The molecule has 0 saturated carbocycles. The molecule has 0 aliphatic carbocycles. The van der Waals surface area contributed by atoms with Crippen molar-refractivity contribution in [2.75, 3.05) is 6.54 Å². The van der Waals surface area contributed by atoms with Crippen LogP contribution in [0.1, 0.15) is 26.8 Å². The number of amides is 1. The zero-order valence-corrected chi connectivity index (χ0v) is 15.7. The summed E-state index contributed by atoms with van der Waals surface area (Å²) in [5, 5.41) is 11.6. The highest BCUT2D eigenvalue weighted by Crippen LogP contribution is 2.20. The SMILES string of the molecule is CC(=O)NCCn1cc(-c2nn3c(Br)cnc3c(=O)n2C(C)C)cn1. The molecule has 0 fully saturated rings. The van der Waals surface area contributed by atoms with Crippen LogP contribution < -0.4 is 10.9 Å². The summed E-state index contributed by atoms with van der Waals surface area (Å²) in [6, 6.07) is -0.0850. The van der Waals surface area contributed by atoms with Gasteiger partial charge in [0.25, 0.3) is 5.56 Å². The average Bonchev–Trinajstić information content (AvgIpc) is 3.14. The van der Waals surface area contributed by atoms with E-state index < -0.39 is 0 Å². The molecule has 0 aliphatic rings. The van der Waals surface area contributed by atoms with Gasteiger partial charge in [-0.1, -0.05) is 0 Å². The molecule has 3 rings (SSSR count). The molecule has 1 N–H and O–H groups in total. The van der Waals surface area contributed by atoms with Crippen molar-refractivity contribution in [2.45, 2.75) is 33.4 Å². The second-order valence-electron chi connectivity index (χ2n) is 5.88. The van der Waals surface area contributed by atoms with E-state index in [1.807, 2.05) is 13.8 Å². The van der Waals surface area contributed by atoms with Gasteiger partial charge in [-0.2, -0.15) is 9.61 Å². The zero-order valence-electron chi connectivity index (χ0n) is 14.1. The number of imidazole rings is 1. The van der Waals surface area contributed by atoms with Crippen LogP contribution in [0.25, 0.3) is 17.0 Å². The van der Waals surface area contributed by atoms with Gasteiger partial charge in [0, 0.05) is 25.7 Å². The summed E-state index contributed by atoms with van der Waals surface area (Å²) in [5.74, 6) is 0.426. The van der Waals surface area contributed by atoms with E-state index in [-0.39, 0.29) is 23.2 Å². The quantitative estimate of drug-likeness (QED) is 0.685. The first-order chi connectivity index (χ1) is 11.9. The van der Waals surface area contributed by atoms with Crippen LogP contribution in [-0.4, -0.2) is 41.4 Å². The maximum absolute atomic E-state index is 12.8. The number of aromatic nitrogens is 6. The van der Waals surface area contributed by atoms with E-state index in [0.29, 0.717) is 23.5 Å². The van der Waals surface area contributed by atoms with Crippen LogP contribution in [0.4, 0.5) is 0 Å². The Morgan fingerprint density at radius 2 is 2.12 bits per heavy atom. The third-order valence-electron chi connectivity index (χ3n) is 3.65. The van der Waals surface area contributed by atoms with Crippen LogP contribution in [-0.2, 0) is 11.3 Å². The summed E-state index contributed by atoms with van der Waals surface area (Å²) >= 11 is 3.35. The lowest BCUT2D eigenvalue weighted by Gasteiger charge is -2.14. The summed E-state index contributed by atoms with van der Waals surface area (Å²) in [6.07, 6.45) is 5.01. The number of nitrogens with one attached hydrogen (secondary N) is 1. The molecule has 10 heteroatoms. The van der Waals surface area contributed by atoms with Crippen molar-refractivity contribution >= 4 is 27.5 Å². The van der Waals surface area contributed by atoms with Gasteiger partial charge < -0.3 is 5.32 Å². The lowest BCUT2D eigenvalue weighted by Crippen LogP contribution is -2.27. The Balaban J connectivity index is 2.04. The molecule has 132 valence electrons. The average molecular weight is 408 g/mol. The van der Waals surface area contributed by atoms with Crippen molar-refractivity contribution in [3.05, 3.63) is 33.5 Å². The van der Waals surface area contributed by atoms with Gasteiger partial charge in [0.2, 0.25) is 11.6 Å². The summed E-state index contributed by atoms with van der Waals surface area (Å²) in [6.45, 7) is 6.32. The molecule has 0 unspecified atom stereocenters. The number of hydrogen-bond donors (Lipinski definition) is 1. The first-order valence-electron chi connectivity index (χ1n) is 7.81. The number of carbonyl (C=O) groups is 1. The second-order valence-corrected chi connectivity index (χ2v) is 6.70. The summed E-state index contributed by atoms with van der Waals surface area (Å²) in [5.41, 5.74) is 0.773. The summed E-state index contributed by atoms with van der Waals surface area (Å²) in [7, 11) is 0. The van der Waals surface area contributed by atoms with E-state index >= 15 is 0 Å². The Hall–Kier alpha value is -2.49. The normalized spacial score (nSPS) is 11.4. The van der Waals surface area contributed by atoms with Gasteiger partial charge in [-0.25, -0.2) is 4.98 Å². The fraction of sp³-hybridized carbons (Fsp3) is 0.400. The van der Waals surface area contributed by atoms with Crippen LogP contribution in [0, 0.1) is 0 Å². The lowest BCUT2D eigenvalue weighted by atomic mass is 10.3. The number of rotatable bonds is 5. The van der Waals surface area contributed by atoms with Crippen molar-refractivity contribution in [1.82, 2.24) is 34.3 Å². The highest BCUT2D eigenvalue weighted by molar-refractivity contribution is 9.10. The molecule has 1 amide bonds. The first kappa shape index (κ1) is 17.3. The minimum Gasteiger partial charge on any atom is -0.354 e. The number of carbonyl (C=O) groups excluding carboxylic acids is 1. The Morgan fingerprint density at radius 1 is 1.36 bits per heavy atom. The molecule has 0 bridgehead atoms. The molecule has 0 aliphatic heterocycles. The predicted octanol–water partition coefficient (Wildman–Crippen LogP) is 1.23. The van der Waals surface area contributed by atoms with Gasteiger partial charge in [-0.3, -0.25) is 18.8 Å². The van der Waals surface area contributed by atoms with Crippen LogP contribution >= 0.6 is 15.9 Å². The van der Waals surface area contributed by atoms with Crippen LogP contribution in [0.2, 0.25) is 0 Å². The number of hydrogen-bond acceptors (Lipinski definition) is 5. The highest BCUT2D eigenvalue weighted by atomic mass is 79.9. The molecule has 0 aromatic carbocycles. The third kappa shape index (κ3) is 3.34. The van der Waals surface area contributed by atoms with Gasteiger partial charge in [0.1, 0.15) is 4.60 Å². The Bertz CT molecular complexity index is 986. The van der Waals surface area contributed by atoms with Gasteiger partial charge in [0.15, 0.2) is 5.82 Å². The van der Waals surface area contributed by atoms with Crippen LogP contribution in [0.15, 0.2) is 28.0 Å². The minimum absolute atomic E-state index is 0.0850. The number of halogens is 1. The van der Waals surface area contributed by atoms with Gasteiger partial charge in [-0.05, 0) is 29.8 Å². The maximum atomic E-state index is 12.8. The van der Waals surface area contributed by atoms with E-state index in [0.717, 1.165) is 5.56 Å². The lowest BCUT2D eigenvalue weighted by molar-refractivity contribution is -0.118. The molecule has 0 atom stereocenters. The van der Waals surface area contributed by atoms with E-state index in [1.54, 1.807) is 27.8 Å². The smallest absolute Gasteiger partial charge is 0.297 e. The molecule has 3 aromatic rings. The van der Waals surface area contributed by atoms with Crippen molar-refractivity contribution in [2.24, 2.45) is 0 Å². The Kier molecular flexibility index (Phi) is 4.71. The second kappa shape index (κ2) is 6.79. The van der Waals surface area contributed by atoms with E-state index in [1.165, 1.54) is 11.4 Å². The van der Waals surface area contributed by atoms with Crippen molar-refractivity contribution in [3.63, 3.8) is 0 Å². The highest BCUT2D eigenvalue weighted by Gasteiger charge is 2.18. The van der Waals surface area contributed by atoms with Crippen molar-refractivity contribution in [1.29, 1.82) is 0 Å². The van der Waals surface area contributed by atoms with Crippen molar-refractivity contribution < 1.29 is 4.79 Å². The molecular formula is C15H18BrN7O2. The third-order valence-corrected chi connectivity index (χ3v) is 4.19. The van der Waals surface area contributed by atoms with Crippen LogP contribution in [0.3, 0.4) is 0 Å². The van der Waals surface area contributed by atoms with Crippen LogP contribution in [0.5, 0.6) is 0 Å². The van der Waals surface area contributed by atoms with E-state index in [9.17, 15) is 9.59 Å². The van der Waals surface area contributed by atoms with Crippen molar-refractivity contribution in [3.8, 4) is 11.4 Å². The monoisotopic (exact) mass is 407 g/mol. The molecule has 3 heterocycles. The maximum Gasteiger partial charge on any atom is 0.297 e. The zero-order chi connectivity index (χ0) is 18.1. The summed E-state index contributed by atoms with van der Waals surface area (Å²) in [4.78, 5) is 27.8. The number of nitrogens with zero attached hydrogens (tertiary/aromatic N) is 6. The molecular weight excluding hydrogens is 390 g/mol. The molecule has 9 nitrogen and oxygen atoms in total. The summed E-state index contributed by atoms with van der Waals surface area (Å²) < 4.78 is 5.39. The minimum atomic E-state index is -0.211. The molecule has 0 saturated heterocycles. The van der Waals surface area contributed by atoms with Gasteiger partial charge >= 0.3 is 0 Å². The Morgan fingerprint density at radius 3 is 2.80 bits per heavy atom. The molecule has 3 aromatic heterocycles. The predicted molar refractivity (Wildman–Crippen MR) is 95.2 cm³/mol. The fourth-order valence-corrected chi connectivity index (χ4v) is 2.89. The number of fused-ring (bicyclic) bond motifs is 1. The topological polar surface area (TPSA) is 99.1 Å². The molecule has 25 heavy (non-hydrogen) atoms.